The molecule has 0 radical (unpaired) electrons. The van der Waals surface area contributed by atoms with Crippen LogP contribution in [0.25, 0.3) is 5.65 Å². The molecule has 2 atom stereocenters. The predicted octanol–water partition coefficient (Wildman–Crippen LogP) is 4.37. The summed E-state index contributed by atoms with van der Waals surface area (Å²) in [5.41, 5.74) is -3.93. The summed E-state index contributed by atoms with van der Waals surface area (Å²) in [5.74, 6) is 4.63. The number of aromatic nitrogens is 2. The molecule has 0 spiro atoms. The van der Waals surface area contributed by atoms with E-state index in [-0.39, 0.29) is 36.0 Å². The lowest BCUT2D eigenvalue weighted by Gasteiger charge is -2.33. The average molecular weight is 583 g/mol. The Morgan fingerprint density at radius 2 is 2.05 bits per heavy atom. The lowest BCUT2D eigenvalue weighted by molar-refractivity contribution is -0.0330. The Morgan fingerprint density at radius 1 is 1.27 bits per heavy atom. The number of hydrogen-bond acceptors (Lipinski definition) is 7. The summed E-state index contributed by atoms with van der Waals surface area (Å²) in [6, 6.07) is 5.16. The fourth-order valence-electron chi connectivity index (χ4n) is 4.29. The van der Waals surface area contributed by atoms with Gasteiger partial charge in [-0.15, -0.1) is 0 Å². The number of nitrogens with zero attached hydrogens (tertiary/aromatic N) is 3. The fraction of sp³-hybridized carbons (Fsp3) is 0.385. The molecule has 1 amide bonds. The summed E-state index contributed by atoms with van der Waals surface area (Å²) in [6.45, 7) is 0.782. The van der Waals surface area contributed by atoms with Crippen LogP contribution in [0.3, 0.4) is 0 Å². The van der Waals surface area contributed by atoms with Gasteiger partial charge >= 0.3 is 5.51 Å². The minimum atomic E-state index is -4.69. The maximum atomic E-state index is 14.6. The topological polar surface area (TPSA) is 82.9 Å². The normalized spacial score (nSPS) is 17.7. The molecule has 1 aliphatic rings. The number of likely N-dealkylation sites (tertiary alicyclic amines) is 1. The molecule has 8 nitrogen and oxygen atoms in total. The summed E-state index contributed by atoms with van der Waals surface area (Å²) >= 11 is -0.461. The number of ether oxygens (including phenoxy) is 1. The molecule has 14 heteroatoms. The molecule has 3 aromatic rings. The predicted molar refractivity (Wildman–Crippen MR) is 143 cm³/mol. The largest absolute Gasteiger partial charge is 0.495 e. The van der Waals surface area contributed by atoms with Gasteiger partial charge in [0.2, 0.25) is 0 Å². The molecule has 1 aromatic carbocycles. The number of hydrogen-bond donors (Lipinski definition) is 3. The van der Waals surface area contributed by atoms with Gasteiger partial charge in [0, 0.05) is 49.7 Å². The Hall–Kier alpha value is -3.70. The van der Waals surface area contributed by atoms with Crippen molar-refractivity contribution < 1.29 is 31.5 Å². The van der Waals surface area contributed by atoms with Crippen LogP contribution in [-0.4, -0.2) is 78.8 Å². The van der Waals surface area contributed by atoms with Crippen molar-refractivity contribution in [2.45, 2.75) is 29.2 Å². The van der Waals surface area contributed by atoms with Crippen molar-refractivity contribution in [1.82, 2.24) is 19.6 Å². The zero-order valence-electron chi connectivity index (χ0n) is 21.8. The van der Waals surface area contributed by atoms with Gasteiger partial charge in [-0.2, -0.15) is 13.2 Å². The second-order valence-corrected chi connectivity index (χ2v) is 10.1. The van der Waals surface area contributed by atoms with Crippen LogP contribution < -0.4 is 20.7 Å². The number of methoxy groups -OCH3 is 1. The number of halogens is 5. The Kier molecular flexibility index (Phi) is 8.95. The van der Waals surface area contributed by atoms with E-state index in [9.17, 15) is 26.7 Å². The number of piperidine rings is 1. The van der Waals surface area contributed by atoms with Crippen molar-refractivity contribution in [2.24, 2.45) is 0 Å². The summed E-state index contributed by atoms with van der Waals surface area (Å²) < 4.78 is 75.8. The number of benzene rings is 1. The molecule has 0 unspecified atom stereocenters. The highest BCUT2D eigenvalue weighted by molar-refractivity contribution is 8.00. The zero-order valence-corrected chi connectivity index (χ0v) is 22.6. The van der Waals surface area contributed by atoms with Gasteiger partial charge < -0.3 is 25.6 Å². The van der Waals surface area contributed by atoms with Crippen molar-refractivity contribution in [3.8, 4) is 17.6 Å². The first-order valence-electron chi connectivity index (χ1n) is 12.2. The molecule has 0 aliphatic carbocycles. The number of carbonyl (C=O) groups excluding carboxylic acids is 1. The van der Waals surface area contributed by atoms with Gasteiger partial charge in [-0.1, -0.05) is 5.92 Å². The van der Waals surface area contributed by atoms with Gasteiger partial charge in [0.15, 0.2) is 5.65 Å². The number of rotatable bonds is 7. The van der Waals surface area contributed by atoms with E-state index in [2.05, 4.69) is 32.8 Å². The number of carbonyl (C=O) groups is 1. The average Bonchev–Trinajstić information content (AvgIpc) is 3.23. The Morgan fingerprint density at radius 3 is 2.73 bits per heavy atom. The van der Waals surface area contributed by atoms with Gasteiger partial charge in [0.25, 0.3) is 5.91 Å². The maximum absolute atomic E-state index is 14.6. The number of nitrogens with one attached hydrogen (secondary N) is 3. The minimum Gasteiger partial charge on any atom is -0.495 e. The summed E-state index contributed by atoms with van der Waals surface area (Å²) in [4.78, 5) is 17.9. The number of amides is 1. The zero-order chi connectivity index (χ0) is 29.0. The van der Waals surface area contributed by atoms with E-state index >= 15 is 0 Å². The Labute approximate surface area is 231 Å². The third-order valence-corrected chi connectivity index (χ3v) is 7.02. The molecule has 2 aromatic heterocycles. The number of alkyl halides is 4. The second kappa shape index (κ2) is 12.2. The van der Waals surface area contributed by atoms with E-state index in [4.69, 9.17) is 4.74 Å². The van der Waals surface area contributed by atoms with Crippen LogP contribution in [0.5, 0.6) is 5.75 Å². The van der Waals surface area contributed by atoms with Crippen molar-refractivity contribution >= 4 is 34.7 Å². The number of fused-ring (bicyclic) bond motifs is 1. The molecule has 4 rings (SSSR count). The summed E-state index contributed by atoms with van der Waals surface area (Å²) in [7, 11) is 4.72. The van der Waals surface area contributed by atoms with Crippen molar-refractivity contribution in [3.05, 3.63) is 47.5 Å². The smallest absolute Gasteiger partial charge is 0.447 e. The highest BCUT2D eigenvalue weighted by atomic mass is 32.2. The van der Waals surface area contributed by atoms with Crippen LogP contribution in [0.2, 0.25) is 0 Å². The number of thioether (sulfide) groups is 1. The lowest BCUT2D eigenvalue weighted by atomic mass is 10.0. The minimum absolute atomic E-state index is 0.00172. The van der Waals surface area contributed by atoms with Crippen LogP contribution in [0.1, 0.15) is 22.5 Å². The molecule has 3 heterocycles. The third-order valence-electron chi connectivity index (χ3n) is 6.21. The van der Waals surface area contributed by atoms with Gasteiger partial charge in [-0.3, -0.25) is 9.20 Å². The number of anilines is 2. The van der Waals surface area contributed by atoms with Crippen molar-refractivity contribution in [3.63, 3.8) is 0 Å². The number of imidazole rings is 1. The molecule has 1 fully saturated rings. The molecule has 214 valence electrons. The van der Waals surface area contributed by atoms with E-state index in [1.807, 2.05) is 4.90 Å². The standard InChI is InChI=1S/C26H27F5N6O2S/c1-32-24(38)15-6-7-19(22(11-15)39-3)33-9-4-5-20-25(40-26(29,30)31)37-13-16(27)12-21(23(37)35-20)34-18-8-10-36(2)14-17(18)28/h6-7,11-13,17-18,33-34H,8-10,14H2,1-3H3,(H,32,38)/t17-,18+/m0/s1. The highest BCUT2D eigenvalue weighted by Crippen LogP contribution is 2.40. The second-order valence-electron chi connectivity index (χ2n) is 9.05. The quantitative estimate of drug-likeness (QED) is 0.217. The van der Waals surface area contributed by atoms with E-state index in [0.717, 1.165) is 16.7 Å². The number of pyridine rings is 1. The Bertz CT molecular complexity index is 1450. The monoisotopic (exact) mass is 582 g/mol. The molecule has 0 saturated carbocycles. The van der Waals surface area contributed by atoms with Crippen molar-refractivity contribution in [1.29, 1.82) is 0 Å². The maximum Gasteiger partial charge on any atom is 0.447 e. The van der Waals surface area contributed by atoms with Crippen molar-refractivity contribution in [2.75, 3.05) is 51.5 Å². The van der Waals surface area contributed by atoms with E-state index < -0.39 is 40.3 Å². The van der Waals surface area contributed by atoms with E-state index in [1.165, 1.54) is 20.2 Å². The van der Waals surface area contributed by atoms with Crippen LogP contribution in [-0.2, 0) is 0 Å². The third kappa shape index (κ3) is 6.89. The van der Waals surface area contributed by atoms with Crippen LogP contribution in [0.4, 0.5) is 33.3 Å². The highest BCUT2D eigenvalue weighted by Gasteiger charge is 2.34. The first-order chi connectivity index (χ1) is 19.0. The molecule has 1 saturated heterocycles. The Balaban J connectivity index is 1.63. The van der Waals surface area contributed by atoms with Gasteiger partial charge in [-0.25, -0.2) is 13.8 Å². The molecule has 3 N–H and O–H groups in total. The molecular formula is C26H27F5N6O2S. The van der Waals surface area contributed by atoms with E-state index in [1.54, 1.807) is 19.2 Å². The van der Waals surface area contributed by atoms with Gasteiger partial charge in [-0.05, 0) is 37.6 Å². The fourth-order valence-corrected chi connectivity index (χ4v) is 4.94. The molecular weight excluding hydrogens is 555 g/mol. The van der Waals surface area contributed by atoms with Crippen LogP contribution in [0.15, 0.2) is 35.5 Å². The summed E-state index contributed by atoms with van der Waals surface area (Å²) in [5, 5.41) is 8.03. The van der Waals surface area contributed by atoms with Gasteiger partial charge in [0.05, 0.1) is 31.1 Å². The molecule has 1 aliphatic heterocycles. The SMILES string of the molecule is CNC(=O)c1ccc(NCC#Cc2nc3c(N[C@@H]4CCN(C)C[C@@H]4F)cc(F)cn3c2SC(F)(F)F)c(OC)c1. The van der Waals surface area contributed by atoms with E-state index in [0.29, 0.717) is 30.0 Å². The van der Waals surface area contributed by atoms with Gasteiger partial charge in [0.1, 0.15) is 28.5 Å². The molecule has 40 heavy (non-hydrogen) atoms. The first-order valence-corrected chi connectivity index (χ1v) is 13.0. The van der Waals surface area contributed by atoms with Crippen LogP contribution >= 0.6 is 11.8 Å². The summed E-state index contributed by atoms with van der Waals surface area (Å²) in [6.07, 6.45) is 0.0662. The lowest BCUT2D eigenvalue weighted by Crippen LogP contribution is -2.46. The van der Waals surface area contributed by atoms with Crippen LogP contribution in [0, 0.1) is 17.7 Å². The molecule has 0 bridgehead atoms. The first kappa shape index (κ1) is 29.3.